The summed E-state index contributed by atoms with van der Waals surface area (Å²) in [6.07, 6.45) is 4.86. The van der Waals surface area contributed by atoms with Crippen molar-refractivity contribution in [3.63, 3.8) is 0 Å². The minimum absolute atomic E-state index is 0.452. The SMILES string of the molecule is COc1cc(-c2nc3ccccn3c2-c2ccnc(Nc3ccc4c(c3)CN(C)CC4)n2)ccc1OCc1ccccc1. The summed E-state index contributed by atoms with van der Waals surface area (Å²) < 4.78 is 13.9. The van der Waals surface area contributed by atoms with E-state index >= 15 is 0 Å². The highest BCUT2D eigenvalue weighted by atomic mass is 16.5. The summed E-state index contributed by atoms with van der Waals surface area (Å²) in [4.78, 5) is 16.8. The molecule has 0 atom stereocenters. The van der Waals surface area contributed by atoms with E-state index in [4.69, 9.17) is 19.4 Å². The second-order valence-corrected chi connectivity index (χ2v) is 10.7. The van der Waals surface area contributed by atoms with E-state index in [2.05, 4.69) is 44.8 Å². The fourth-order valence-corrected chi connectivity index (χ4v) is 5.57. The first-order valence-corrected chi connectivity index (χ1v) is 14.4. The van der Waals surface area contributed by atoms with E-state index in [0.717, 1.165) is 59.1 Å². The Bertz CT molecular complexity index is 1900. The number of ether oxygens (including phenoxy) is 2. The van der Waals surface area contributed by atoms with Gasteiger partial charge in [-0.1, -0.05) is 42.5 Å². The molecule has 1 aliphatic heterocycles. The third-order valence-electron chi connectivity index (χ3n) is 7.77. The van der Waals surface area contributed by atoms with Gasteiger partial charge in [-0.25, -0.2) is 15.0 Å². The highest BCUT2D eigenvalue weighted by Gasteiger charge is 2.20. The second-order valence-electron chi connectivity index (χ2n) is 10.7. The fraction of sp³-hybridized carbons (Fsp3) is 0.171. The van der Waals surface area contributed by atoms with Gasteiger partial charge >= 0.3 is 0 Å². The number of fused-ring (bicyclic) bond motifs is 2. The van der Waals surface area contributed by atoms with E-state index in [1.165, 1.54) is 11.1 Å². The number of rotatable bonds is 8. The van der Waals surface area contributed by atoms with Gasteiger partial charge in [0.15, 0.2) is 11.5 Å². The summed E-state index contributed by atoms with van der Waals surface area (Å²) in [5, 5.41) is 3.42. The number of benzene rings is 3. The van der Waals surface area contributed by atoms with Crippen molar-refractivity contribution in [3.8, 4) is 34.1 Å². The normalized spacial score (nSPS) is 13.1. The molecule has 214 valence electrons. The molecule has 0 aliphatic carbocycles. The molecule has 0 bridgehead atoms. The standard InChI is InChI=1S/C35H32N6O2/c1-40-19-16-25-11-13-28(20-27(25)22-40)37-35-36-17-15-29(38-35)34-33(39-32-10-6-7-18-41(32)34)26-12-14-30(31(21-26)42-2)43-23-24-8-4-3-5-9-24/h3-15,17-18,20-21H,16,19,22-23H2,1-2H3,(H,36,37,38). The maximum absolute atomic E-state index is 6.11. The largest absolute Gasteiger partial charge is 0.493 e. The van der Waals surface area contributed by atoms with Gasteiger partial charge in [0, 0.05) is 36.7 Å². The summed E-state index contributed by atoms with van der Waals surface area (Å²) in [5.41, 5.74) is 8.94. The molecule has 0 radical (unpaired) electrons. The predicted molar refractivity (Wildman–Crippen MR) is 169 cm³/mol. The molecule has 8 nitrogen and oxygen atoms in total. The molecule has 0 spiro atoms. The summed E-state index contributed by atoms with van der Waals surface area (Å²) >= 11 is 0. The van der Waals surface area contributed by atoms with Gasteiger partial charge in [0.1, 0.15) is 12.3 Å². The van der Waals surface area contributed by atoms with Crippen LogP contribution in [0.25, 0.3) is 28.3 Å². The zero-order valence-corrected chi connectivity index (χ0v) is 24.2. The molecule has 0 fully saturated rings. The molecule has 1 N–H and O–H groups in total. The van der Waals surface area contributed by atoms with Crippen LogP contribution in [0.15, 0.2) is 103 Å². The topological polar surface area (TPSA) is 76.8 Å². The average Bonchev–Trinajstić information content (AvgIpc) is 3.44. The van der Waals surface area contributed by atoms with Crippen molar-refractivity contribution in [1.29, 1.82) is 0 Å². The number of nitrogens with zero attached hydrogens (tertiary/aromatic N) is 5. The van der Waals surface area contributed by atoms with Gasteiger partial charge in [-0.05, 0) is 78.7 Å². The number of methoxy groups -OCH3 is 1. The Balaban J connectivity index is 1.23. The molecule has 8 heteroatoms. The molecule has 43 heavy (non-hydrogen) atoms. The number of likely N-dealkylation sites (N-methyl/N-ethyl adjacent to an activating group) is 1. The molecule has 0 saturated carbocycles. The lowest BCUT2D eigenvalue weighted by atomic mass is 9.99. The second kappa shape index (κ2) is 11.6. The predicted octanol–water partition coefficient (Wildman–Crippen LogP) is 6.78. The van der Waals surface area contributed by atoms with Gasteiger partial charge < -0.3 is 19.7 Å². The lowest BCUT2D eigenvalue weighted by Crippen LogP contribution is -2.26. The number of aromatic nitrogens is 4. The number of imidazole rings is 1. The monoisotopic (exact) mass is 568 g/mol. The molecule has 4 heterocycles. The van der Waals surface area contributed by atoms with Crippen molar-refractivity contribution in [2.24, 2.45) is 0 Å². The van der Waals surface area contributed by atoms with Crippen LogP contribution in [-0.2, 0) is 19.6 Å². The minimum atomic E-state index is 0.452. The maximum Gasteiger partial charge on any atom is 0.227 e. The Morgan fingerprint density at radius 3 is 2.63 bits per heavy atom. The van der Waals surface area contributed by atoms with Crippen LogP contribution < -0.4 is 14.8 Å². The number of pyridine rings is 1. The van der Waals surface area contributed by atoms with Gasteiger partial charge in [-0.2, -0.15) is 0 Å². The molecule has 7 rings (SSSR count). The van der Waals surface area contributed by atoms with E-state index in [9.17, 15) is 0 Å². The Morgan fingerprint density at radius 2 is 1.74 bits per heavy atom. The van der Waals surface area contributed by atoms with E-state index in [1.807, 2.05) is 79.0 Å². The van der Waals surface area contributed by atoms with E-state index in [-0.39, 0.29) is 0 Å². The van der Waals surface area contributed by atoms with Crippen LogP contribution in [0.3, 0.4) is 0 Å². The van der Waals surface area contributed by atoms with E-state index in [0.29, 0.717) is 24.1 Å². The van der Waals surface area contributed by atoms with Gasteiger partial charge in [-0.3, -0.25) is 4.40 Å². The molecule has 0 saturated heterocycles. The third-order valence-corrected chi connectivity index (χ3v) is 7.77. The van der Waals surface area contributed by atoms with Crippen LogP contribution in [0.4, 0.5) is 11.6 Å². The van der Waals surface area contributed by atoms with E-state index in [1.54, 1.807) is 13.3 Å². The molecule has 1 aliphatic rings. The highest BCUT2D eigenvalue weighted by molar-refractivity contribution is 5.82. The Labute approximate surface area is 250 Å². The maximum atomic E-state index is 6.11. The number of anilines is 2. The van der Waals surface area contributed by atoms with Crippen molar-refractivity contribution in [3.05, 3.63) is 120 Å². The number of nitrogens with one attached hydrogen (secondary N) is 1. The van der Waals surface area contributed by atoms with Crippen molar-refractivity contribution < 1.29 is 9.47 Å². The quantitative estimate of drug-likeness (QED) is 0.217. The lowest BCUT2D eigenvalue weighted by Gasteiger charge is -2.25. The molecule has 3 aromatic carbocycles. The van der Waals surface area contributed by atoms with Gasteiger partial charge in [0.25, 0.3) is 0 Å². The van der Waals surface area contributed by atoms with Crippen LogP contribution >= 0.6 is 0 Å². The average molecular weight is 569 g/mol. The first-order chi connectivity index (χ1) is 21.1. The smallest absolute Gasteiger partial charge is 0.227 e. The highest BCUT2D eigenvalue weighted by Crippen LogP contribution is 2.37. The fourth-order valence-electron chi connectivity index (χ4n) is 5.57. The molecule has 0 unspecified atom stereocenters. The van der Waals surface area contributed by atoms with Crippen molar-refractivity contribution in [2.75, 3.05) is 26.0 Å². The van der Waals surface area contributed by atoms with Crippen LogP contribution in [-0.4, -0.2) is 45.0 Å². The molecule has 0 amide bonds. The summed E-state index contributed by atoms with van der Waals surface area (Å²) in [5.74, 6) is 1.84. The van der Waals surface area contributed by atoms with Crippen LogP contribution in [0.5, 0.6) is 11.5 Å². The first-order valence-electron chi connectivity index (χ1n) is 14.4. The Hall–Kier alpha value is -5.21. The van der Waals surface area contributed by atoms with Crippen LogP contribution in [0.2, 0.25) is 0 Å². The molecular formula is C35H32N6O2. The van der Waals surface area contributed by atoms with Crippen molar-refractivity contribution in [1.82, 2.24) is 24.3 Å². The van der Waals surface area contributed by atoms with Crippen molar-refractivity contribution >= 4 is 17.3 Å². The summed E-state index contributed by atoms with van der Waals surface area (Å²) in [6, 6.07) is 30.4. The van der Waals surface area contributed by atoms with Crippen molar-refractivity contribution in [2.45, 2.75) is 19.6 Å². The Kier molecular flexibility index (Phi) is 7.18. The molecule has 6 aromatic rings. The minimum Gasteiger partial charge on any atom is -0.493 e. The zero-order valence-electron chi connectivity index (χ0n) is 24.2. The van der Waals surface area contributed by atoms with Gasteiger partial charge in [0.05, 0.1) is 24.2 Å². The summed E-state index contributed by atoms with van der Waals surface area (Å²) in [6.45, 7) is 2.48. The van der Waals surface area contributed by atoms with E-state index < -0.39 is 0 Å². The van der Waals surface area contributed by atoms with Crippen LogP contribution in [0, 0.1) is 0 Å². The lowest BCUT2D eigenvalue weighted by molar-refractivity contribution is 0.284. The Morgan fingerprint density at radius 1 is 0.860 bits per heavy atom. The number of hydrogen-bond acceptors (Lipinski definition) is 7. The van der Waals surface area contributed by atoms with Crippen LogP contribution in [0.1, 0.15) is 16.7 Å². The molecule has 3 aromatic heterocycles. The zero-order chi connectivity index (χ0) is 29.2. The summed E-state index contributed by atoms with van der Waals surface area (Å²) in [7, 11) is 3.81. The molecular weight excluding hydrogens is 536 g/mol. The van der Waals surface area contributed by atoms with Gasteiger partial charge in [0.2, 0.25) is 5.95 Å². The van der Waals surface area contributed by atoms with Gasteiger partial charge in [-0.15, -0.1) is 0 Å². The number of hydrogen-bond donors (Lipinski definition) is 1. The first kappa shape index (κ1) is 26.7. The third kappa shape index (κ3) is 5.52.